The molecule has 3 rings (SSSR count). The van der Waals surface area contributed by atoms with Crippen LogP contribution < -0.4 is 16.0 Å². The molecule has 0 radical (unpaired) electrons. The van der Waals surface area contributed by atoms with Crippen molar-refractivity contribution in [1.29, 1.82) is 0 Å². The number of pyridine rings is 1. The first-order chi connectivity index (χ1) is 12.7. The molecule has 3 amide bonds. The van der Waals surface area contributed by atoms with Gasteiger partial charge in [-0.1, -0.05) is 6.07 Å². The summed E-state index contributed by atoms with van der Waals surface area (Å²) in [5, 5.41) is 14.3. The second kappa shape index (κ2) is 8.42. The topological polar surface area (TPSA) is 130 Å². The van der Waals surface area contributed by atoms with Crippen LogP contribution in [0.4, 0.5) is 4.79 Å². The number of carbonyl (C=O) groups is 2. The fourth-order valence-electron chi connectivity index (χ4n) is 2.14. The Labute approximate surface area is 149 Å². The van der Waals surface area contributed by atoms with Crippen LogP contribution in [0.1, 0.15) is 16.1 Å². The molecule has 3 aromatic rings. The summed E-state index contributed by atoms with van der Waals surface area (Å²) in [6.07, 6.45) is 8.34. The van der Waals surface area contributed by atoms with E-state index in [0.717, 1.165) is 11.4 Å². The lowest BCUT2D eigenvalue weighted by atomic mass is 10.3. The third-order valence-electron chi connectivity index (χ3n) is 3.47. The summed E-state index contributed by atoms with van der Waals surface area (Å²) in [5.41, 5.74) is 1.25. The molecule has 0 aliphatic carbocycles. The number of amides is 3. The zero-order valence-corrected chi connectivity index (χ0v) is 13.8. The minimum atomic E-state index is -0.320. The molecule has 134 valence electrons. The van der Waals surface area contributed by atoms with Crippen molar-refractivity contribution >= 4 is 11.9 Å². The van der Waals surface area contributed by atoms with Crippen LogP contribution in [0.15, 0.2) is 49.3 Å². The molecule has 3 heterocycles. The van der Waals surface area contributed by atoms with Crippen molar-refractivity contribution in [2.24, 2.45) is 0 Å². The Kier molecular flexibility index (Phi) is 5.55. The normalized spacial score (nSPS) is 10.3. The van der Waals surface area contributed by atoms with E-state index in [2.05, 4.69) is 36.1 Å². The van der Waals surface area contributed by atoms with E-state index in [4.69, 9.17) is 0 Å². The lowest BCUT2D eigenvalue weighted by Gasteiger charge is -2.09. The smallest absolute Gasteiger partial charge is 0.315 e. The molecule has 3 aromatic heterocycles. The predicted molar refractivity (Wildman–Crippen MR) is 92.5 cm³/mol. The van der Waals surface area contributed by atoms with Crippen LogP contribution in [-0.2, 0) is 6.54 Å². The maximum atomic E-state index is 11.8. The molecule has 0 saturated heterocycles. The van der Waals surface area contributed by atoms with E-state index in [9.17, 15) is 9.59 Å². The molecule has 0 aliphatic heterocycles. The van der Waals surface area contributed by atoms with E-state index in [1.54, 1.807) is 35.6 Å². The number of imidazole rings is 1. The summed E-state index contributed by atoms with van der Waals surface area (Å²) in [6, 6.07) is 4.98. The molecule has 0 spiro atoms. The lowest BCUT2D eigenvalue weighted by Crippen LogP contribution is -2.40. The highest BCUT2D eigenvalue weighted by Crippen LogP contribution is 2.05. The number of aromatic nitrogens is 5. The summed E-state index contributed by atoms with van der Waals surface area (Å²) in [7, 11) is 0. The first kappa shape index (κ1) is 17.1. The molecule has 0 atom stereocenters. The van der Waals surface area contributed by atoms with Gasteiger partial charge in [0.05, 0.1) is 0 Å². The molecule has 26 heavy (non-hydrogen) atoms. The van der Waals surface area contributed by atoms with Crippen LogP contribution in [0.3, 0.4) is 0 Å². The second-order valence-corrected chi connectivity index (χ2v) is 5.33. The van der Waals surface area contributed by atoms with Gasteiger partial charge in [0, 0.05) is 44.4 Å². The third kappa shape index (κ3) is 4.66. The van der Waals surface area contributed by atoms with Crippen molar-refractivity contribution < 1.29 is 9.59 Å². The van der Waals surface area contributed by atoms with Gasteiger partial charge in [0.1, 0.15) is 17.8 Å². The molecule has 10 nitrogen and oxygen atoms in total. The van der Waals surface area contributed by atoms with Crippen molar-refractivity contribution in [3.63, 3.8) is 0 Å². The molecule has 4 N–H and O–H groups in total. The maximum absolute atomic E-state index is 11.8. The number of rotatable bonds is 7. The van der Waals surface area contributed by atoms with E-state index in [1.165, 1.54) is 6.20 Å². The lowest BCUT2D eigenvalue weighted by molar-refractivity contribution is 0.0949. The number of hydrogen-bond acceptors (Lipinski definition) is 5. The van der Waals surface area contributed by atoms with E-state index in [0.29, 0.717) is 25.3 Å². The van der Waals surface area contributed by atoms with Crippen molar-refractivity contribution in [3.8, 4) is 5.82 Å². The van der Waals surface area contributed by atoms with E-state index in [1.807, 2.05) is 12.1 Å². The van der Waals surface area contributed by atoms with Gasteiger partial charge in [0.15, 0.2) is 0 Å². The molecule has 0 saturated carbocycles. The van der Waals surface area contributed by atoms with Gasteiger partial charge in [0.2, 0.25) is 0 Å². The van der Waals surface area contributed by atoms with Gasteiger partial charge in [-0.2, -0.15) is 5.10 Å². The zero-order valence-electron chi connectivity index (χ0n) is 13.8. The Balaban J connectivity index is 1.34. The molecule has 0 unspecified atom stereocenters. The van der Waals surface area contributed by atoms with Crippen LogP contribution >= 0.6 is 0 Å². The van der Waals surface area contributed by atoms with Crippen LogP contribution in [0.2, 0.25) is 0 Å². The van der Waals surface area contributed by atoms with Crippen molar-refractivity contribution in [1.82, 2.24) is 40.7 Å². The predicted octanol–water partition coefficient (Wildman–Crippen LogP) is 0.220. The number of nitrogens with zero attached hydrogens (tertiary/aromatic N) is 4. The number of H-pyrrole nitrogens is 1. The molecule has 0 bridgehead atoms. The molecule has 10 heteroatoms. The van der Waals surface area contributed by atoms with Gasteiger partial charge in [-0.25, -0.2) is 14.8 Å². The fraction of sp³-hybridized carbons (Fsp3) is 0.188. The summed E-state index contributed by atoms with van der Waals surface area (Å²) in [6.45, 7) is 0.972. The number of hydrogen-bond donors (Lipinski definition) is 4. The van der Waals surface area contributed by atoms with Gasteiger partial charge >= 0.3 is 6.03 Å². The molecule has 0 aliphatic rings. The number of urea groups is 1. The van der Waals surface area contributed by atoms with Crippen molar-refractivity contribution in [2.75, 3.05) is 13.1 Å². The summed E-state index contributed by atoms with van der Waals surface area (Å²) in [4.78, 5) is 31.7. The number of carbonyl (C=O) groups excluding carboxylic acids is 2. The Morgan fingerprint density at radius 1 is 1.08 bits per heavy atom. The van der Waals surface area contributed by atoms with Crippen LogP contribution in [-0.4, -0.2) is 49.8 Å². The van der Waals surface area contributed by atoms with Gasteiger partial charge in [0.25, 0.3) is 5.91 Å². The van der Waals surface area contributed by atoms with Gasteiger partial charge in [-0.15, -0.1) is 0 Å². The molecular weight excluding hydrogens is 336 g/mol. The summed E-state index contributed by atoms with van der Waals surface area (Å²) >= 11 is 0. The first-order valence-electron chi connectivity index (χ1n) is 7.95. The Bertz CT molecular complexity index is 828. The Hall–Kier alpha value is -3.69. The zero-order chi connectivity index (χ0) is 18.2. The largest absolute Gasteiger partial charge is 0.349 e. The Morgan fingerprint density at radius 3 is 2.65 bits per heavy atom. The van der Waals surface area contributed by atoms with E-state index >= 15 is 0 Å². The average Bonchev–Trinajstić information content (AvgIpc) is 3.37. The SMILES string of the molecule is O=C(NCCNC(=O)c1ccn[nH]1)NCc1ccc(-n2ccnc2)nc1. The van der Waals surface area contributed by atoms with Gasteiger partial charge in [-0.05, 0) is 17.7 Å². The minimum absolute atomic E-state index is 0.270. The number of aromatic amines is 1. The second-order valence-electron chi connectivity index (χ2n) is 5.33. The standard InChI is InChI=1S/C16H18N8O2/c25-15(13-3-4-22-23-13)18-5-6-19-16(26)21-10-12-1-2-14(20-9-12)24-8-7-17-11-24/h1-4,7-9,11H,5-6,10H2,(H,18,25)(H,22,23)(H2,19,21,26). The van der Waals surface area contributed by atoms with E-state index in [-0.39, 0.29) is 11.9 Å². The maximum Gasteiger partial charge on any atom is 0.315 e. The molecule has 0 aromatic carbocycles. The Morgan fingerprint density at radius 2 is 1.96 bits per heavy atom. The third-order valence-corrected chi connectivity index (χ3v) is 3.47. The monoisotopic (exact) mass is 354 g/mol. The highest BCUT2D eigenvalue weighted by Gasteiger charge is 2.06. The highest BCUT2D eigenvalue weighted by molar-refractivity contribution is 5.92. The van der Waals surface area contributed by atoms with Crippen molar-refractivity contribution in [2.45, 2.75) is 6.54 Å². The van der Waals surface area contributed by atoms with Gasteiger partial charge in [-0.3, -0.25) is 14.5 Å². The molecule has 0 fully saturated rings. The van der Waals surface area contributed by atoms with Crippen LogP contribution in [0, 0.1) is 0 Å². The highest BCUT2D eigenvalue weighted by atomic mass is 16.2. The summed E-state index contributed by atoms with van der Waals surface area (Å²) in [5.74, 6) is 0.484. The van der Waals surface area contributed by atoms with Crippen molar-refractivity contribution in [3.05, 3.63) is 60.6 Å². The van der Waals surface area contributed by atoms with Crippen LogP contribution in [0.5, 0.6) is 0 Å². The quantitative estimate of drug-likeness (QED) is 0.451. The van der Waals surface area contributed by atoms with Gasteiger partial charge < -0.3 is 16.0 Å². The van der Waals surface area contributed by atoms with E-state index < -0.39 is 0 Å². The minimum Gasteiger partial charge on any atom is -0.349 e. The fourth-order valence-corrected chi connectivity index (χ4v) is 2.14. The summed E-state index contributed by atoms with van der Waals surface area (Å²) < 4.78 is 1.79. The molecular formula is C16H18N8O2. The average molecular weight is 354 g/mol. The number of nitrogens with one attached hydrogen (secondary N) is 4. The van der Waals surface area contributed by atoms with Crippen LogP contribution in [0.25, 0.3) is 5.82 Å². The first-order valence-corrected chi connectivity index (χ1v) is 7.95.